The molecule has 2 aliphatic rings. The summed E-state index contributed by atoms with van der Waals surface area (Å²) in [6.45, 7) is 6.90. The maximum atomic E-state index is 13.1. The molecule has 4 heterocycles. The molecule has 156 valence electrons. The molecule has 29 heavy (non-hydrogen) atoms. The second kappa shape index (κ2) is 7.74. The van der Waals surface area contributed by atoms with Gasteiger partial charge in [-0.1, -0.05) is 6.92 Å². The third-order valence-corrected chi connectivity index (χ3v) is 6.06. The molecule has 1 fully saturated rings. The fourth-order valence-corrected chi connectivity index (χ4v) is 4.33. The Labute approximate surface area is 171 Å². The van der Waals surface area contributed by atoms with Gasteiger partial charge in [0.1, 0.15) is 5.60 Å². The molecule has 1 saturated heterocycles. The summed E-state index contributed by atoms with van der Waals surface area (Å²) < 4.78 is 8.21. The Hall–Kier alpha value is -2.48. The normalized spacial score (nSPS) is 18.0. The van der Waals surface area contributed by atoms with E-state index in [4.69, 9.17) is 9.72 Å². The van der Waals surface area contributed by atoms with Crippen molar-refractivity contribution in [1.82, 2.24) is 24.6 Å². The highest BCUT2D eigenvalue weighted by Crippen LogP contribution is 2.41. The Morgan fingerprint density at radius 1 is 1.28 bits per heavy atom. The molecule has 0 bridgehead atoms. The van der Waals surface area contributed by atoms with Crippen molar-refractivity contribution < 1.29 is 9.53 Å². The highest BCUT2D eigenvalue weighted by Gasteiger charge is 2.43. The molecule has 0 aliphatic carbocycles. The number of rotatable bonds is 4. The average molecular weight is 399 g/mol. The highest BCUT2D eigenvalue weighted by atomic mass is 16.5. The van der Waals surface area contributed by atoms with Crippen LogP contribution in [0.2, 0.25) is 0 Å². The number of aryl methyl sites for hydroxylation is 1. The van der Waals surface area contributed by atoms with Gasteiger partial charge in [-0.3, -0.25) is 9.48 Å². The summed E-state index contributed by atoms with van der Waals surface area (Å²) in [6.07, 6.45) is 6.97. The molecule has 4 rings (SSSR count). The van der Waals surface area contributed by atoms with Gasteiger partial charge in [-0.15, -0.1) is 0 Å². The molecule has 0 unspecified atom stereocenters. The SMILES string of the molecule is CCCn1ncc(C(=O)N2CCC3(CC2)OCCc2cnc(N(C)C)nc23)c1C. The summed E-state index contributed by atoms with van der Waals surface area (Å²) in [5.41, 5.74) is 3.40. The van der Waals surface area contributed by atoms with E-state index in [9.17, 15) is 4.79 Å². The second-order valence-corrected chi connectivity index (χ2v) is 8.19. The monoisotopic (exact) mass is 398 g/mol. The molecule has 0 aromatic carbocycles. The standard InChI is InChI=1S/C21H30N6O2/c1-5-9-27-15(2)17(14-23-27)19(28)26-10-7-21(8-11-26)18-16(6-12-29-21)13-22-20(24-18)25(3)4/h13-14H,5-12H2,1-4H3. The molecule has 1 spiro atoms. The summed E-state index contributed by atoms with van der Waals surface area (Å²) in [4.78, 5) is 26.2. The Balaban J connectivity index is 1.53. The molecule has 1 amide bonds. The third-order valence-electron chi connectivity index (χ3n) is 6.06. The number of fused-ring (bicyclic) bond motifs is 2. The van der Waals surface area contributed by atoms with Crippen molar-refractivity contribution in [2.45, 2.75) is 51.7 Å². The van der Waals surface area contributed by atoms with Crippen LogP contribution in [0.25, 0.3) is 0 Å². The van der Waals surface area contributed by atoms with Gasteiger partial charge in [0.2, 0.25) is 5.95 Å². The number of aromatic nitrogens is 4. The van der Waals surface area contributed by atoms with Gasteiger partial charge in [-0.05, 0) is 38.2 Å². The van der Waals surface area contributed by atoms with Crippen molar-refractivity contribution in [1.29, 1.82) is 0 Å². The van der Waals surface area contributed by atoms with E-state index < -0.39 is 5.60 Å². The van der Waals surface area contributed by atoms with Crippen molar-refractivity contribution in [2.24, 2.45) is 0 Å². The summed E-state index contributed by atoms with van der Waals surface area (Å²) in [7, 11) is 3.89. The summed E-state index contributed by atoms with van der Waals surface area (Å²) in [5, 5.41) is 4.38. The molecular formula is C21H30N6O2. The van der Waals surface area contributed by atoms with E-state index in [2.05, 4.69) is 17.0 Å². The topological polar surface area (TPSA) is 76.4 Å². The first-order valence-corrected chi connectivity index (χ1v) is 10.4. The maximum absolute atomic E-state index is 13.1. The number of hydrogen-bond donors (Lipinski definition) is 0. The first kappa shape index (κ1) is 19.8. The Morgan fingerprint density at radius 3 is 2.72 bits per heavy atom. The van der Waals surface area contributed by atoms with Crippen LogP contribution in [0.3, 0.4) is 0 Å². The zero-order chi connectivity index (χ0) is 20.6. The van der Waals surface area contributed by atoms with Crippen LogP contribution in [0.5, 0.6) is 0 Å². The van der Waals surface area contributed by atoms with Gasteiger partial charge in [-0.25, -0.2) is 9.97 Å². The minimum absolute atomic E-state index is 0.0624. The molecule has 0 saturated carbocycles. The van der Waals surface area contributed by atoms with E-state index in [1.165, 1.54) is 5.56 Å². The van der Waals surface area contributed by atoms with Crippen LogP contribution in [0.1, 0.15) is 53.5 Å². The van der Waals surface area contributed by atoms with Gasteiger partial charge in [0, 0.05) is 45.6 Å². The molecule has 2 aromatic heterocycles. The van der Waals surface area contributed by atoms with Crippen LogP contribution in [-0.4, -0.2) is 64.3 Å². The van der Waals surface area contributed by atoms with Crippen molar-refractivity contribution in [3.8, 4) is 0 Å². The molecule has 0 N–H and O–H groups in total. The zero-order valence-electron chi connectivity index (χ0n) is 17.8. The molecule has 2 aromatic rings. The Bertz CT molecular complexity index is 899. The number of piperidine rings is 1. The van der Waals surface area contributed by atoms with Gasteiger partial charge >= 0.3 is 0 Å². The highest BCUT2D eigenvalue weighted by molar-refractivity contribution is 5.95. The van der Waals surface area contributed by atoms with Crippen LogP contribution in [-0.2, 0) is 23.3 Å². The number of carbonyl (C=O) groups excluding carboxylic acids is 1. The molecule has 8 heteroatoms. The number of amides is 1. The number of likely N-dealkylation sites (tertiary alicyclic amines) is 1. The van der Waals surface area contributed by atoms with E-state index in [1.807, 2.05) is 41.7 Å². The molecular weight excluding hydrogens is 368 g/mol. The van der Waals surface area contributed by atoms with Gasteiger partial charge in [0.05, 0.1) is 24.1 Å². The lowest BCUT2D eigenvalue weighted by atomic mass is 9.83. The first-order valence-electron chi connectivity index (χ1n) is 10.4. The van der Waals surface area contributed by atoms with Gasteiger partial charge in [-0.2, -0.15) is 5.10 Å². The van der Waals surface area contributed by atoms with Gasteiger partial charge in [0.25, 0.3) is 5.91 Å². The van der Waals surface area contributed by atoms with E-state index in [0.717, 1.165) is 43.6 Å². The number of nitrogens with zero attached hydrogens (tertiary/aromatic N) is 6. The Kier molecular flexibility index (Phi) is 5.29. The van der Waals surface area contributed by atoms with Crippen molar-refractivity contribution in [3.63, 3.8) is 0 Å². The van der Waals surface area contributed by atoms with Gasteiger partial charge in [0.15, 0.2) is 0 Å². The lowest BCUT2D eigenvalue weighted by molar-refractivity contribution is -0.0967. The molecule has 0 atom stereocenters. The minimum Gasteiger partial charge on any atom is -0.368 e. The summed E-state index contributed by atoms with van der Waals surface area (Å²) in [5.74, 6) is 0.762. The predicted molar refractivity (Wildman–Crippen MR) is 110 cm³/mol. The lowest BCUT2D eigenvalue weighted by Gasteiger charge is -2.44. The van der Waals surface area contributed by atoms with Crippen molar-refractivity contribution in [2.75, 3.05) is 38.7 Å². The molecule has 2 aliphatic heterocycles. The van der Waals surface area contributed by atoms with Crippen LogP contribution in [0.4, 0.5) is 5.95 Å². The van der Waals surface area contributed by atoms with Crippen LogP contribution >= 0.6 is 0 Å². The van der Waals surface area contributed by atoms with E-state index in [0.29, 0.717) is 31.2 Å². The van der Waals surface area contributed by atoms with Crippen LogP contribution in [0.15, 0.2) is 12.4 Å². The predicted octanol–water partition coefficient (Wildman–Crippen LogP) is 2.16. The largest absolute Gasteiger partial charge is 0.368 e. The van der Waals surface area contributed by atoms with Crippen molar-refractivity contribution >= 4 is 11.9 Å². The minimum atomic E-state index is -0.417. The number of carbonyl (C=O) groups is 1. The summed E-state index contributed by atoms with van der Waals surface area (Å²) in [6, 6.07) is 0. The smallest absolute Gasteiger partial charge is 0.257 e. The molecule has 0 radical (unpaired) electrons. The first-order chi connectivity index (χ1) is 13.9. The van der Waals surface area contributed by atoms with Gasteiger partial charge < -0.3 is 14.5 Å². The van der Waals surface area contributed by atoms with E-state index in [1.54, 1.807) is 6.20 Å². The Morgan fingerprint density at radius 2 is 2.03 bits per heavy atom. The van der Waals surface area contributed by atoms with E-state index in [-0.39, 0.29) is 5.91 Å². The quantitative estimate of drug-likeness (QED) is 0.786. The maximum Gasteiger partial charge on any atom is 0.257 e. The van der Waals surface area contributed by atoms with Crippen LogP contribution < -0.4 is 4.90 Å². The summed E-state index contributed by atoms with van der Waals surface area (Å²) >= 11 is 0. The second-order valence-electron chi connectivity index (χ2n) is 8.19. The third kappa shape index (κ3) is 3.50. The van der Waals surface area contributed by atoms with E-state index >= 15 is 0 Å². The number of ether oxygens (including phenoxy) is 1. The van der Waals surface area contributed by atoms with Crippen molar-refractivity contribution in [3.05, 3.63) is 34.9 Å². The molecule has 8 nitrogen and oxygen atoms in total. The van der Waals surface area contributed by atoms with Crippen LogP contribution in [0, 0.1) is 6.92 Å². The fourth-order valence-electron chi connectivity index (χ4n) is 4.33. The zero-order valence-corrected chi connectivity index (χ0v) is 17.8. The fraction of sp³-hybridized carbons (Fsp3) is 0.619. The number of anilines is 1. The number of hydrogen-bond acceptors (Lipinski definition) is 6. The average Bonchev–Trinajstić information content (AvgIpc) is 3.09. The lowest BCUT2D eigenvalue weighted by Crippen LogP contribution is -2.49.